The molecule has 2 unspecified atom stereocenters. The maximum Gasteiger partial charge on any atom is 0.175 e. The van der Waals surface area contributed by atoms with Crippen molar-refractivity contribution in [3.8, 4) is 5.06 Å². The largest absolute Gasteiger partial charge is 0.474 e. The minimum Gasteiger partial charge on any atom is -0.474 e. The third-order valence-electron chi connectivity index (χ3n) is 1.53. The Morgan fingerprint density at radius 3 is 2.91 bits per heavy atom. The Hall–Kier alpha value is -0.0700. The van der Waals surface area contributed by atoms with Gasteiger partial charge in [-0.25, -0.2) is 0 Å². The average Bonchev–Trinajstić information content (AvgIpc) is 2.39. The van der Waals surface area contributed by atoms with Crippen LogP contribution in [0.5, 0.6) is 5.06 Å². The second kappa shape index (κ2) is 3.55. The Bertz CT molecular complexity index is 206. The molecule has 0 spiro atoms. The first-order valence-corrected chi connectivity index (χ1v) is 5.11. The molecule has 0 aromatic carbocycles. The summed E-state index contributed by atoms with van der Waals surface area (Å²) in [5, 5.41) is 2.90. The molecule has 0 bridgehead atoms. The second-order valence-electron chi connectivity index (χ2n) is 2.70. The molecule has 0 saturated carbocycles. The number of hydrogen-bond acceptors (Lipinski definition) is 2. The van der Waals surface area contributed by atoms with Crippen molar-refractivity contribution in [1.29, 1.82) is 0 Å². The molecule has 1 aromatic rings. The molecular weight excluding hydrogens is 175 g/mol. The monoisotopic (exact) mass is 188 g/mol. The predicted octanol–water partition coefficient (Wildman–Crippen LogP) is 3.13. The van der Waals surface area contributed by atoms with Gasteiger partial charge >= 0.3 is 0 Å². The van der Waals surface area contributed by atoms with Gasteiger partial charge in [0.25, 0.3) is 0 Å². The molecule has 11 heavy (non-hydrogen) atoms. The fraction of sp³-hybridized carbons (Fsp3) is 0.500. The summed E-state index contributed by atoms with van der Waals surface area (Å²) in [5.74, 6) is 0. The molecule has 2 atom stereocenters. The summed E-state index contributed by atoms with van der Waals surface area (Å²) in [7, 11) is 2.72. The van der Waals surface area contributed by atoms with Gasteiger partial charge in [-0.1, -0.05) is 16.2 Å². The second-order valence-corrected chi connectivity index (χ2v) is 4.83. The SMILES string of the molecule is CCC(C)(P)Oc1cccs1. The smallest absolute Gasteiger partial charge is 0.175 e. The lowest BCUT2D eigenvalue weighted by molar-refractivity contribution is 0.187. The quantitative estimate of drug-likeness (QED) is 0.662. The van der Waals surface area contributed by atoms with E-state index in [0.29, 0.717) is 0 Å². The van der Waals surface area contributed by atoms with Gasteiger partial charge in [-0.05, 0) is 30.9 Å². The van der Waals surface area contributed by atoms with E-state index >= 15 is 0 Å². The normalized spacial score (nSPS) is 15.9. The lowest BCUT2D eigenvalue weighted by atomic mass is 10.3. The van der Waals surface area contributed by atoms with E-state index in [1.807, 2.05) is 17.5 Å². The van der Waals surface area contributed by atoms with E-state index in [0.717, 1.165) is 11.5 Å². The Balaban J connectivity index is 2.56. The van der Waals surface area contributed by atoms with Crippen LogP contribution in [-0.2, 0) is 0 Å². The molecular formula is C8H13OPS. The van der Waals surface area contributed by atoms with Crippen molar-refractivity contribution >= 4 is 20.6 Å². The maximum absolute atomic E-state index is 5.67. The van der Waals surface area contributed by atoms with Crippen LogP contribution in [-0.4, -0.2) is 5.34 Å². The molecule has 0 saturated heterocycles. The molecule has 1 aromatic heterocycles. The van der Waals surface area contributed by atoms with Crippen LogP contribution in [0.3, 0.4) is 0 Å². The van der Waals surface area contributed by atoms with E-state index in [1.54, 1.807) is 11.3 Å². The average molecular weight is 188 g/mol. The third-order valence-corrected chi connectivity index (χ3v) is 2.80. The van der Waals surface area contributed by atoms with E-state index in [9.17, 15) is 0 Å². The molecule has 0 fully saturated rings. The summed E-state index contributed by atoms with van der Waals surface area (Å²) in [6.07, 6.45) is 0.996. The summed E-state index contributed by atoms with van der Waals surface area (Å²) >= 11 is 1.63. The van der Waals surface area contributed by atoms with Crippen molar-refractivity contribution < 1.29 is 4.74 Å². The minimum absolute atomic E-state index is 0.106. The highest BCUT2D eigenvalue weighted by Gasteiger charge is 2.16. The van der Waals surface area contributed by atoms with Gasteiger partial charge in [-0.3, -0.25) is 0 Å². The highest BCUT2D eigenvalue weighted by molar-refractivity contribution is 7.18. The zero-order valence-electron chi connectivity index (χ0n) is 6.83. The lowest BCUT2D eigenvalue weighted by Gasteiger charge is -2.23. The molecule has 1 rings (SSSR count). The van der Waals surface area contributed by atoms with E-state index in [-0.39, 0.29) is 5.34 Å². The molecule has 1 nitrogen and oxygen atoms in total. The molecule has 3 heteroatoms. The van der Waals surface area contributed by atoms with Gasteiger partial charge in [0.05, 0.1) is 0 Å². The zero-order chi connectivity index (χ0) is 8.32. The molecule has 0 amide bonds. The third kappa shape index (κ3) is 2.80. The van der Waals surface area contributed by atoms with Gasteiger partial charge in [0.15, 0.2) is 5.06 Å². The van der Waals surface area contributed by atoms with E-state index in [4.69, 9.17) is 4.74 Å². The molecule has 0 aliphatic carbocycles. The molecule has 62 valence electrons. The summed E-state index contributed by atoms with van der Waals surface area (Å²) in [6, 6.07) is 3.99. The highest BCUT2D eigenvalue weighted by atomic mass is 32.1. The van der Waals surface area contributed by atoms with Gasteiger partial charge in [0.2, 0.25) is 0 Å². The van der Waals surface area contributed by atoms with Crippen molar-refractivity contribution in [3.05, 3.63) is 17.5 Å². The van der Waals surface area contributed by atoms with Crippen LogP contribution >= 0.6 is 20.6 Å². The van der Waals surface area contributed by atoms with Gasteiger partial charge in [0, 0.05) is 0 Å². The van der Waals surface area contributed by atoms with Crippen molar-refractivity contribution in [2.75, 3.05) is 0 Å². The number of rotatable bonds is 3. The standard InChI is InChI=1S/C8H13OPS/c1-3-8(2,10)9-7-5-4-6-11-7/h4-6H,3,10H2,1-2H3. The number of hydrogen-bond donors (Lipinski definition) is 0. The highest BCUT2D eigenvalue weighted by Crippen LogP contribution is 2.29. The van der Waals surface area contributed by atoms with E-state index in [2.05, 4.69) is 23.1 Å². The topological polar surface area (TPSA) is 9.23 Å². The summed E-state index contributed by atoms with van der Waals surface area (Å²) in [6.45, 7) is 4.18. The molecule has 0 N–H and O–H groups in total. The van der Waals surface area contributed by atoms with E-state index < -0.39 is 0 Å². The Labute approximate surface area is 74.0 Å². The summed E-state index contributed by atoms with van der Waals surface area (Å²) < 4.78 is 5.67. The van der Waals surface area contributed by atoms with Crippen LogP contribution in [0.1, 0.15) is 20.3 Å². The van der Waals surface area contributed by atoms with Crippen LogP contribution in [0.25, 0.3) is 0 Å². The number of ether oxygens (including phenoxy) is 1. The van der Waals surface area contributed by atoms with Gasteiger partial charge in [-0.15, -0.1) is 11.3 Å². The maximum atomic E-state index is 5.67. The van der Waals surface area contributed by atoms with Crippen LogP contribution in [0.4, 0.5) is 0 Å². The van der Waals surface area contributed by atoms with E-state index in [1.165, 1.54) is 0 Å². The first-order chi connectivity index (χ1) is 5.14. The predicted molar refractivity (Wildman–Crippen MR) is 53.4 cm³/mol. The zero-order valence-corrected chi connectivity index (χ0v) is 8.80. The fourth-order valence-electron chi connectivity index (χ4n) is 0.624. The molecule has 0 aliphatic rings. The summed E-state index contributed by atoms with van der Waals surface area (Å²) in [4.78, 5) is 0. The van der Waals surface area contributed by atoms with Gasteiger partial charge < -0.3 is 4.74 Å². The summed E-state index contributed by atoms with van der Waals surface area (Å²) in [5.41, 5.74) is 0. The Kier molecular flexibility index (Phi) is 2.91. The van der Waals surface area contributed by atoms with Gasteiger partial charge in [0.1, 0.15) is 5.34 Å². The first kappa shape index (κ1) is 9.02. The van der Waals surface area contributed by atoms with Crippen molar-refractivity contribution in [1.82, 2.24) is 0 Å². The van der Waals surface area contributed by atoms with Crippen LogP contribution < -0.4 is 4.74 Å². The van der Waals surface area contributed by atoms with Crippen molar-refractivity contribution in [3.63, 3.8) is 0 Å². The minimum atomic E-state index is -0.106. The lowest BCUT2D eigenvalue weighted by Crippen LogP contribution is -2.21. The first-order valence-electron chi connectivity index (χ1n) is 3.65. The van der Waals surface area contributed by atoms with Gasteiger partial charge in [-0.2, -0.15) is 0 Å². The van der Waals surface area contributed by atoms with Crippen LogP contribution in [0.15, 0.2) is 17.5 Å². The van der Waals surface area contributed by atoms with Crippen LogP contribution in [0.2, 0.25) is 0 Å². The molecule has 0 radical (unpaired) electrons. The Morgan fingerprint density at radius 2 is 2.45 bits per heavy atom. The fourth-order valence-corrected chi connectivity index (χ4v) is 1.52. The molecule has 0 aliphatic heterocycles. The van der Waals surface area contributed by atoms with Crippen molar-refractivity contribution in [2.24, 2.45) is 0 Å². The molecule has 1 heterocycles. The Morgan fingerprint density at radius 1 is 1.73 bits per heavy atom. The van der Waals surface area contributed by atoms with Crippen LogP contribution in [0, 0.1) is 0 Å². The number of thiophene rings is 1. The van der Waals surface area contributed by atoms with Crippen molar-refractivity contribution in [2.45, 2.75) is 25.6 Å².